The third kappa shape index (κ3) is 5.16. The Hall–Kier alpha value is -3.94. The number of nitrogens with one attached hydrogen (secondary N) is 3. The highest BCUT2D eigenvalue weighted by atomic mass is 16.5. The van der Waals surface area contributed by atoms with Crippen molar-refractivity contribution in [1.29, 1.82) is 0 Å². The summed E-state index contributed by atoms with van der Waals surface area (Å²) in [7, 11) is 0. The molecule has 8 nitrogen and oxygen atoms in total. The van der Waals surface area contributed by atoms with E-state index < -0.39 is 12.6 Å². The number of amides is 2. The molecule has 3 aromatic rings. The number of esters is 1. The first-order chi connectivity index (χ1) is 14.8. The fraction of sp³-hybridized carbons (Fsp3) is 0.217. The Labute approximate surface area is 179 Å². The number of anilines is 2. The molecular weight excluding hydrogens is 398 g/mol. The van der Waals surface area contributed by atoms with E-state index in [1.54, 1.807) is 6.20 Å². The molecule has 0 saturated carbocycles. The highest BCUT2D eigenvalue weighted by molar-refractivity contribution is 6.10. The van der Waals surface area contributed by atoms with Crippen molar-refractivity contribution in [3.05, 3.63) is 59.3 Å². The molecule has 0 radical (unpaired) electrons. The quantitative estimate of drug-likeness (QED) is 0.397. The first-order valence-corrected chi connectivity index (χ1v) is 9.78. The average molecular weight is 421 g/mol. The van der Waals surface area contributed by atoms with Gasteiger partial charge in [-0.3, -0.25) is 14.4 Å². The lowest BCUT2D eigenvalue weighted by Gasteiger charge is -2.10. The number of ether oxygens (including phenoxy) is 1. The minimum atomic E-state index is -0.749. The number of hydrogen-bond acceptors (Lipinski definition) is 5. The number of Topliss-reactive ketones (excluding diaryl/α,β-unsaturated/α-hetero) is 1. The number of fused-ring (bicyclic) bond motifs is 1. The van der Waals surface area contributed by atoms with Gasteiger partial charge in [-0.1, -0.05) is 25.1 Å². The lowest BCUT2D eigenvalue weighted by Crippen LogP contribution is -2.15. The van der Waals surface area contributed by atoms with E-state index >= 15 is 0 Å². The molecule has 0 unspecified atom stereocenters. The highest BCUT2D eigenvalue weighted by Gasteiger charge is 2.17. The Balaban J connectivity index is 1.78. The van der Waals surface area contributed by atoms with Crippen LogP contribution in [0.4, 0.5) is 11.4 Å². The number of para-hydroxylation sites is 1. The third-order valence-corrected chi connectivity index (χ3v) is 4.63. The van der Waals surface area contributed by atoms with Crippen molar-refractivity contribution in [2.24, 2.45) is 0 Å². The maximum atomic E-state index is 12.7. The minimum absolute atomic E-state index is 0.0926. The highest BCUT2D eigenvalue weighted by Crippen LogP contribution is 2.23. The van der Waals surface area contributed by atoms with Crippen LogP contribution in [0.3, 0.4) is 0 Å². The molecule has 3 N–H and O–H groups in total. The van der Waals surface area contributed by atoms with Gasteiger partial charge in [0.05, 0.1) is 5.56 Å². The predicted octanol–water partition coefficient (Wildman–Crippen LogP) is 3.69. The summed E-state index contributed by atoms with van der Waals surface area (Å²) in [5.41, 5.74) is 3.16. The second-order valence-corrected chi connectivity index (χ2v) is 7.06. The van der Waals surface area contributed by atoms with Gasteiger partial charge in [0.1, 0.15) is 0 Å². The SMILES string of the molecule is CCc1cccc2c(C(=O)COC(=O)c3cc(NC(C)=O)cc(NC(C)=O)c3)c[nH]c12. The van der Waals surface area contributed by atoms with Crippen LogP contribution in [0.5, 0.6) is 0 Å². The molecule has 0 aliphatic rings. The topological polar surface area (TPSA) is 117 Å². The molecule has 0 aliphatic heterocycles. The van der Waals surface area contributed by atoms with E-state index in [0.29, 0.717) is 16.9 Å². The van der Waals surface area contributed by atoms with Crippen LogP contribution in [0.1, 0.15) is 47.1 Å². The standard InChI is InChI=1S/C23H23N3O5/c1-4-15-6-5-7-19-20(11-24-22(15)19)21(29)12-31-23(30)16-8-17(25-13(2)27)10-18(9-16)26-14(3)28/h5-11,24H,4,12H2,1-3H3,(H,25,27)(H,26,28). The number of hydrogen-bond donors (Lipinski definition) is 3. The van der Waals surface area contributed by atoms with Crippen molar-refractivity contribution >= 4 is 45.8 Å². The lowest BCUT2D eigenvalue weighted by atomic mass is 10.1. The molecule has 0 aliphatic carbocycles. The van der Waals surface area contributed by atoms with E-state index in [4.69, 9.17) is 4.74 Å². The molecule has 8 heteroatoms. The minimum Gasteiger partial charge on any atom is -0.454 e. The molecule has 0 bridgehead atoms. The van der Waals surface area contributed by atoms with E-state index in [9.17, 15) is 19.2 Å². The number of aryl methyl sites for hydroxylation is 1. The predicted molar refractivity (Wildman–Crippen MR) is 117 cm³/mol. The molecule has 2 aromatic carbocycles. The smallest absolute Gasteiger partial charge is 0.338 e. The summed E-state index contributed by atoms with van der Waals surface area (Å²) in [6, 6.07) is 10.1. The van der Waals surface area contributed by atoms with Crippen molar-refractivity contribution in [2.75, 3.05) is 17.2 Å². The van der Waals surface area contributed by atoms with Gasteiger partial charge in [-0.05, 0) is 30.2 Å². The van der Waals surface area contributed by atoms with Gasteiger partial charge in [-0.25, -0.2) is 4.79 Å². The Morgan fingerprint density at radius 2 is 1.61 bits per heavy atom. The lowest BCUT2D eigenvalue weighted by molar-refractivity contribution is -0.115. The fourth-order valence-corrected chi connectivity index (χ4v) is 3.33. The number of benzene rings is 2. The van der Waals surface area contributed by atoms with Crippen LogP contribution in [0, 0.1) is 0 Å². The van der Waals surface area contributed by atoms with Gasteiger partial charge in [0.25, 0.3) is 0 Å². The first kappa shape index (κ1) is 21.8. The molecular formula is C23H23N3O5. The second kappa shape index (κ2) is 9.25. The molecule has 1 heterocycles. The van der Waals surface area contributed by atoms with Crippen LogP contribution in [-0.4, -0.2) is 35.2 Å². The van der Waals surface area contributed by atoms with Crippen molar-refractivity contribution in [3.63, 3.8) is 0 Å². The van der Waals surface area contributed by atoms with E-state index in [-0.39, 0.29) is 23.2 Å². The zero-order valence-electron chi connectivity index (χ0n) is 17.5. The van der Waals surface area contributed by atoms with Gasteiger partial charge >= 0.3 is 5.97 Å². The van der Waals surface area contributed by atoms with Gasteiger partial charge in [0.15, 0.2) is 6.61 Å². The van der Waals surface area contributed by atoms with Gasteiger partial charge in [-0.15, -0.1) is 0 Å². The summed E-state index contributed by atoms with van der Waals surface area (Å²) >= 11 is 0. The van der Waals surface area contributed by atoms with E-state index in [0.717, 1.165) is 22.9 Å². The molecule has 0 spiro atoms. The van der Waals surface area contributed by atoms with Crippen LogP contribution in [0.15, 0.2) is 42.6 Å². The normalized spacial score (nSPS) is 10.5. The van der Waals surface area contributed by atoms with Gasteiger partial charge < -0.3 is 20.4 Å². The maximum absolute atomic E-state index is 12.7. The molecule has 31 heavy (non-hydrogen) atoms. The van der Waals surface area contributed by atoms with Crippen molar-refractivity contribution in [1.82, 2.24) is 4.98 Å². The van der Waals surface area contributed by atoms with Crippen LogP contribution in [-0.2, 0) is 20.7 Å². The molecule has 3 rings (SSSR count). The summed E-state index contributed by atoms with van der Waals surface area (Å²) < 4.78 is 5.21. The first-order valence-electron chi connectivity index (χ1n) is 9.78. The Morgan fingerprint density at radius 3 is 2.19 bits per heavy atom. The number of carbonyl (C=O) groups excluding carboxylic acids is 4. The molecule has 1 aromatic heterocycles. The number of ketones is 1. The molecule has 0 fully saturated rings. The van der Waals surface area contributed by atoms with E-state index in [1.807, 2.05) is 25.1 Å². The number of H-pyrrole nitrogens is 1. The zero-order valence-corrected chi connectivity index (χ0v) is 17.5. The van der Waals surface area contributed by atoms with E-state index in [2.05, 4.69) is 15.6 Å². The number of aromatic nitrogens is 1. The number of aromatic amines is 1. The van der Waals surface area contributed by atoms with Crippen molar-refractivity contribution < 1.29 is 23.9 Å². The summed E-state index contributed by atoms with van der Waals surface area (Å²) in [6.45, 7) is 4.24. The second-order valence-electron chi connectivity index (χ2n) is 7.06. The third-order valence-electron chi connectivity index (χ3n) is 4.63. The Bertz CT molecular complexity index is 1140. The van der Waals surface area contributed by atoms with Crippen molar-refractivity contribution in [2.45, 2.75) is 27.2 Å². The average Bonchev–Trinajstić information content (AvgIpc) is 3.14. The van der Waals surface area contributed by atoms with E-state index in [1.165, 1.54) is 32.0 Å². The zero-order chi connectivity index (χ0) is 22.5. The van der Waals surface area contributed by atoms with Gasteiger partial charge in [0.2, 0.25) is 17.6 Å². The summed E-state index contributed by atoms with van der Waals surface area (Å²) in [5.74, 6) is -1.75. The maximum Gasteiger partial charge on any atom is 0.338 e. The van der Waals surface area contributed by atoms with Crippen LogP contribution < -0.4 is 10.6 Å². The monoisotopic (exact) mass is 421 g/mol. The van der Waals surface area contributed by atoms with Gasteiger partial charge in [0, 0.05) is 47.9 Å². The van der Waals surface area contributed by atoms with Crippen LogP contribution in [0.2, 0.25) is 0 Å². The molecule has 0 saturated heterocycles. The number of rotatable bonds is 7. The van der Waals surface area contributed by atoms with Crippen LogP contribution >= 0.6 is 0 Å². The van der Waals surface area contributed by atoms with Crippen molar-refractivity contribution in [3.8, 4) is 0 Å². The summed E-state index contributed by atoms with van der Waals surface area (Å²) in [6.07, 6.45) is 2.44. The fourth-order valence-electron chi connectivity index (χ4n) is 3.33. The van der Waals surface area contributed by atoms with Crippen LogP contribution in [0.25, 0.3) is 10.9 Å². The summed E-state index contributed by atoms with van der Waals surface area (Å²) in [4.78, 5) is 51.1. The summed E-state index contributed by atoms with van der Waals surface area (Å²) in [5, 5.41) is 5.90. The Morgan fingerprint density at radius 1 is 0.968 bits per heavy atom. The molecule has 2 amide bonds. The number of carbonyl (C=O) groups is 4. The largest absolute Gasteiger partial charge is 0.454 e. The molecule has 0 atom stereocenters. The molecule has 160 valence electrons. The van der Waals surface area contributed by atoms with Gasteiger partial charge in [-0.2, -0.15) is 0 Å². The Kier molecular flexibility index (Phi) is 6.49.